The van der Waals surface area contributed by atoms with Gasteiger partial charge in [-0.05, 0) is 96.3 Å². The lowest BCUT2D eigenvalue weighted by Crippen LogP contribution is -2.30. The SMILES string of the molecule is CC/C=C\C/C=C\C/C=C\C/C=C\C/C=C\C/C=C\CCCCC(=O)OCC(COC(=O)CCCCCCC/C=C\C/C=C\CCCC)OC(=O)CCCCCCCCCCCCCCCCCCCC. The summed E-state index contributed by atoms with van der Waals surface area (Å²) in [5.41, 5.74) is 0. The Bertz CT molecular complexity index is 1410. The molecule has 0 aliphatic rings. The summed E-state index contributed by atoms with van der Waals surface area (Å²) < 4.78 is 16.8. The van der Waals surface area contributed by atoms with Crippen LogP contribution < -0.4 is 0 Å². The Hall–Kier alpha value is -3.67. The molecular formula is C65H110O6. The van der Waals surface area contributed by atoms with Crippen LogP contribution in [0.4, 0.5) is 0 Å². The Balaban J connectivity index is 4.46. The molecule has 0 aliphatic heterocycles. The van der Waals surface area contributed by atoms with E-state index in [0.717, 1.165) is 122 Å². The van der Waals surface area contributed by atoms with Crippen molar-refractivity contribution in [2.24, 2.45) is 0 Å². The number of ether oxygens (including phenoxy) is 3. The molecule has 406 valence electrons. The third-order valence-corrected chi connectivity index (χ3v) is 12.6. The van der Waals surface area contributed by atoms with E-state index in [0.29, 0.717) is 19.3 Å². The molecule has 71 heavy (non-hydrogen) atoms. The number of hydrogen-bond donors (Lipinski definition) is 0. The first-order valence-corrected chi connectivity index (χ1v) is 29.7. The van der Waals surface area contributed by atoms with E-state index in [9.17, 15) is 14.4 Å². The monoisotopic (exact) mass is 987 g/mol. The molecule has 0 radical (unpaired) electrons. The number of carbonyl (C=O) groups is 3. The van der Waals surface area contributed by atoms with Gasteiger partial charge in [-0.2, -0.15) is 0 Å². The van der Waals surface area contributed by atoms with Gasteiger partial charge in [-0.25, -0.2) is 0 Å². The van der Waals surface area contributed by atoms with Gasteiger partial charge >= 0.3 is 17.9 Å². The highest BCUT2D eigenvalue weighted by atomic mass is 16.6. The first-order valence-electron chi connectivity index (χ1n) is 29.7. The normalized spacial score (nSPS) is 12.8. The van der Waals surface area contributed by atoms with Crippen molar-refractivity contribution in [2.45, 2.75) is 284 Å². The third-order valence-electron chi connectivity index (χ3n) is 12.6. The Morgan fingerprint density at radius 3 is 0.930 bits per heavy atom. The van der Waals surface area contributed by atoms with Crippen molar-refractivity contribution in [1.82, 2.24) is 0 Å². The van der Waals surface area contributed by atoms with Crippen molar-refractivity contribution >= 4 is 17.9 Å². The molecule has 6 nitrogen and oxygen atoms in total. The van der Waals surface area contributed by atoms with Crippen LogP contribution in [0.3, 0.4) is 0 Å². The van der Waals surface area contributed by atoms with Crippen LogP contribution in [0.1, 0.15) is 278 Å². The predicted molar refractivity (Wildman–Crippen MR) is 307 cm³/mol. The van der Waals surface area contributed by atoms with Crippen LogP contribution in [0.25, 0.3) is 0 Å². The minimum absolute atomic E-state index is 0.0974. The van der Waals surface area contributed by atoms with Crippen LogP contribution >= 0.6 is 0 Å². The van der Waals surface area contributed by atoms with Gasteiger partial charge in [0.1, 0.15) is 13.2 Å². The van der Waals surface area contributed by atoms with Crippen molar-refractivity contribution in [3.8, 4) is 0 Å². The molecule has 1 atom stereocenters. The van der Waals surface area contributed by atoms with Gasteiger partial charge < -0.3 is 14.2 Å². The lowest BCUT2D eigenvalue weighted by atomic mass is 10.0. The maximum Gasteiger partial charge on any atom is 0.306 e. The molecule has 0 fully saturated rings. The molecule has 1 unspecified atom stereocenters. The van der Waals surface area contributed by atoms with E-state index in [2.05, 4.69) is 118 Å². The summed E-state index contributed by atoms with van der Waals surface area (Å²) in [6.07, 6.45) is 78.3. The van der Waals surface area contributed by atoms with Crippen molar-refractivity contribution < 1.29 is 28.6 Å². The second kappa shape index (κ2) is 58.9. The fourth-order valence-corrected chi connectivity index (χ4v) is 8.11. The zero-order chi connectivity index (χ0) is 51.4. The first kappa shape index (κ1) is 67.3. The molecule has 0 N–H and O–H groups in total. The van der Waals surface area contributed by atoms with Crippen molar-refractivity contribution in [2.75, 3.05) is 13.2 Å². The highest BCUT2D eigenvalue weighted by Crippen LogP contribution is 2.16. The standard InChI is InChI=1S/C65H110O6/c1-4-7-10-13-16-19-22-25-28-30-32-33-34-36-37-40-43-46-49-52-55-58-64(67)70-61-62(60-69-63(66)57-54-51-48-45-42-39-27-24-21-18-15-12-9-6-3)71-65(68)59-56-53-50-47-44-41-38-35-31-29-26-23-20-17-14-11-8-5-2/h7,10,15-16,18-19,24-25,27-28,32-33,36-37,43,46,62H,4-6,8-9,11-14,17,20-23,26,29-31,34-35,38-42,44-45,47-61H2,1-3H3/b10-7-,18-15-,19-16-,27-24-,28-25-,33-32-,37-36-,46-43-. The highest BCUT2D eigenvalue weighted by molar-refractivity contribution is 5.71. The van der Waals surface area contributed by atoms with Gasteiger partial charge in [-0.1, -0.05) is 259 Å². The molecule has 6 heteroatoms. The fourth-order valence-electron chi connectivity index (χ4n) is 8.11. The largest absolute Gasteiger partial charge is 0.462 e. The van der Waals surface area contributed by atoms with E-state index in [-0.39, 0.29) is 31.1 Å². The topological polar surface area (TPSA) is 78.9 Å². The molecule has 0 saturated carbocycles. The Morgan fingerprint density at radius 2 is 0.563 bits per heavy atom. The third kappa shape index (κ3) is 57.1. The Labute approximate surface area is 438 Å². The molecule has 0 rings (SSSR count). The smallest absolute Gasteiger partial charge is 0.306 e. The maximum absolute atomic E-state index is 12.9. The molecule has 0 aromatic heterocycles. The zero-order valence-electron chi connectivity index (χ0n) is 46.5. The summed E-state index contributed by atoms with van der Waals surface area (Å²) in [6, 6.07) is 0. The van der Waals surface area contributed by atoms with E-state index in [1.165, 1.54) is 116 Å². The highest BCUT2D eigenvalue weighted by Gasteiger charge is 2.19. The average Bonchev–Trinajstić information content (AvgIpc) is 3.37. The summed E-state index contributed by atoms with van der Waals surface area (Å²) in [4.78, 5) is 38.2. The number of hydrogen-bond acceptors (Lipinski definition) is 6. The van der Waals surface area contributed by atoms with Gasteiger partial charge in [0.2, 0.25) is 0 Å². The Morgan fingerprint density at radius 1 is 0.296 bits per heavy atom. The van der Waals surface area contributed by atoms with Crippen LogP contribution in [0, 0.1) is 0 Å². The molecule has 0 aromatic carbocycles. The van der Waals surface area contributed by atoms with Gasteiger partial charge in [0.25, 0.3) is 0 Å². The van der Waals surface area contributed by atoms with Crippen LogP contribution in [0.5, 0.6) is 0 Å². The molecule has 0 heterocycles. The summed E-state index contributed by atoms with van der Waals surface area (Å²) in [5.74, 6) is -0.947. The van der Waals surface area contributed by atoms with E-state index < -0.39 is 6.10 Å². The Kier molecular flexibility index (Phi) is 55.9. The van der Waals surface area contributed by atoms with Gasteiger partial charge in [0.15, 0.2) is 6.10 Å². The van der Waals surface area contributed by atoms with Crippen LogP contribution in [-0.4, -0.2) is 37.2 Å². The van der Waals surface area contributed by atoms with Crippen molar-refractivity contribution in [3.63, 3.8) is 0 Å². The molecule has 0 aliphatic carbocycles. The number of allylic oxidation sites excluding steroid dienone is 16. The molecular weight excluding hydrogens is 877 g/mol. The fraction of sp³-hybridized carbons (Fsp3) is 0.708. The van der Waals surface area contributed by atoms with Crippen LogP contribution in [0.15, 0.2) is 97.2 Å². The number of carbonyl (C=O) groups excluding carboxylic acids is 3. The maximum atomic E-state index is 12.9. The van der Waals surface area contributed by atoms with Crippen LogP contribution in [-0.2, 0) is 28.6 Å². The number of rotatable bonds is 53. The second-order valence-electron chi connectivity index (χ2n) is 19.5. The number of unbranched alkanes of at least 4 members (excludes halogenated alkanes) is 26. The molecule has 0 aromatic rings. The molecule has 0 saturated heterocycles. The summed E-state index contributed by atoms with van der Waals surface area (Å²) in [6.45, 7) is 6.46. The molecule has 0 amide bonds. The summed E-state index contributed by atoms with van der Waals surface area (Å²) >= 11 is 0. The zero-order valence-corrected chi connectivity index (χ0v) is 46.5. The van der Waals surface area contributed by atoms with E-state index >= 15 is 0 Å². The van der Waals surface area contributed by atoms with Gasteiger partial charge in [-0.15, -0.1) is 0 Å². The summed E-state index contributed by atoms with van der Waals surface area (Å²) in [7, 11) is 0. The predicted octanol–water partition coefficient (Wildman–Crippen LogP) is 20.1. The number of esters is 3. The van der Waals surface area contributed by atoms with Crippen molar-refractivity contribution in [1.29, 1.82) is 0 Å². The minimum Gasteiger partial charge on any atom is -0.462 e. The van der Waals surface area contributed by atoms with E-state index in [1.54, 1.807) is 0 Å². The summed E-state index contributed by atoms with van der Waals surface area (Å²) in [5, 5.41) is 0. The van der Waals surface area contributed by atoms with Crippen LogP contribution in [0.2, 0.25) is 0 Å². The van der Waals surface area contributed by atoms with E-state index in [4.69, 9.17) is 14.2 Å². The van der Waals surface area contributed by atoms with E-state index in [1.807, 2.05) is 0 Å². The van der Waals surface area contributed by atoms with Crippen molar-refractivity contribution in [3.05, 3.63) is 97.2 Å². The van der Waals surface area contributed by atoms with Gasteiger partial charge in [-0.3, -0.25) is 14.4 Å². The lowest BCUT2D eigenvalue weighted by molar-refractivity contribution is -0.167. The van der Waals surface area contributed by atoms with Gasteiger partial charge in [0, 0.05) is 19.3 Å². The first-order chi connectivity index (χ1) is 35.0. The lowest BCUT2D eigenvalue weighted by Gasteiger charge is -2.18. The average molecular weight is 988 g/mol. The second-order valence-corrected chi connectivity index (χ2v) is 19.5. The molecule has 0 spiro atoms. The van der Waals surface area contributed by atoms with Gasteiger partial charge in [0.05, 0.1) is 0 Å². The molecule has 0 bridgehead atoms. The quantitative estimate of drug-likeness (QED) is 0.0261. The minimum atomic E-state index is -0.801.